The van der Waals surface area contributed by atoms with Gasteiger partial charge in [0.1, 0.15) is 0 Å². The summed E-state index contributed by atoms with van der Waals surface area (Å²) in [6.07, 6.45) is 1.36. The Bertz CT molecular complexity index is 498. The van der Waals surface area contributed by atoms with Crippen molar-refractivity contribution in [2.45, 2.75) is 31.5 Å². The number of halogens is 1. The lowest BCUT2D eigenvalue weighted by Gasteiger charge is -2.21. The van der Waals surface area contributed by atoms with Gasteiger partial charge in [0.25, 0.3) is 0 Å². The first-order valence-electron chi connectivity index (χ1n) is 7.51. The van der Waals surface area contributed by atoms with E-state index in [0.717, 1.165) is 18.5 Å². The lowest BCUT2D eigenvalue weighted by atomic mass is 10.2. The van der Waals surface area contributed by atoms with Crippen molar-refractivity contribution < 1.29 is 14.6 Å². The number of nitrogens with one attached hydrogen (secondary N) is 1. The second-order valence-corrected chi connectivity index (χ2v) is 5.95. The van der Waals surface area contributed by atoms with Crippen LogP contribution in [0.4, 0.5) is 0 Å². The summed E-state index contributed by atoms with van der Waals surface area (Å²) in [5.74, 6) is -0.0162. The smallest absolute Gasteiger partial charge is 0.221 e. The van der Waals surface area contributed by atoms with E-state index in [0.29, 0.717) is 24.5 Å². The third-order valence-corrected chi connectivity index (χ3v) is 4.46. The molecular weight excluding hydrogens is 304 g/mol. The second-order valence-electron chi connectivity index (χ2n) is 5.54. The Kier molecular flexibility index (Phi) is 6.64. The number of aliphatic hydroxyl groups excluding tert-OH is 1. The van der Waals surface area contributed by atoms with Gasteiger partial charge >= 0.3 is 0 Å². The maximum absolute atomic E-state index is 12.0. The molecule has 0 saturated carbocycles. The van der Waals surface area contributed by atoms with Gasteiger partial charge < -0.3 is 15.2 Å². The van der Waals surface area contributed by atoms with E-state index in [-0.39, 0.29) is 24.7 Å². The third-order valence-electron chi connectivity index (χ3n) is 4.09. The van der Waals surface area contributed by atoms with E-state index in [1.807, 2.05) is 24.3 Å². The SMILES string of the molecule is CO[C@@H]1C[C@@H](CO)N(CCC(=O)NCc2ccccc2Cl)C1. The molecule has 1 fully saturated rings. The monoisotopic (exact) mass is 326 g/mol. The maximum atomic E-state index is 12.0. The zero-order valence-corrected chi connectivity index (χ0v) is 13.6. The predicted octanol–water partition coefficient (Wildman–Crippen LogP) is 1.43. The molecule has 1 saturated heterocycles. The van der Waals surface area contributed by atoms with E-state index in [9.17, 15) is 9.90 Å². The number of methoxy groups -OCH3 is 1. The highest BCUT2D eigenvalue weighted by molar-refractivity contribution is 6.31. The molecule has 22 heavy (non-hydrogen) atoms. The lowest BCUT2D eigenvalue weighted by Crippen LogP contribution is -2.36. The van der Waals surface area contributed by atoms with Crippen molar-refractivity contribution >= 4 is 17.5 Å². The van der Waals surface area contributed by atoms with Crippen molar-refractivity contribution in [3.05, 3.63) is 34.9 Å². The average molecular weight is 327 g/mol. The molecule has 0 aromatic heterocycles. The first-order valence-corrected chi connectivity index (χ1v) is 7.89. The standard InChI is InChI=1S/C16H23ClN2O3/c1-22-14-8-13(11-20)19(10-14)7-6-16(21)18-9-12-4-2-3-5-15(12)17/h2-5,13-14,20H,6-11H2,1H3,(H,18,21)/t13-,14+/m0/s1. The normalized spacial score (nSPS) is 22.0. The summed E-state index contributed by atoms with van der Waals surface area (Å²) in [7, 11) is 1.68. The molecule has 2 atom stereocenters. The van der Waals surface area contributed by atoms with E-state index in [2.05, 4.69) is 10.2 Å². The van der Waals surface area contributed by atoms with Gasteiger partial charge in [-0.2, -0.15) is 0 Å². The highest BCUT2D eigenvalue weighted by Crippen LogP contribution is 2.19. The van der Waals surface area contributed by atoms with Crippen LogP contribution in [0, 0.1) is 0 Å². The summed E-state index contributed by atoms with van der Waals surface area (Å²) in [4.78, 5) is 14.1. The highest BCUT2D eigenvalue weighted by atomic mass is 35.5. The predicted molar refractivity (Wildman–Crippen MR) is 85.8 cm³/mol. The molecule has 0 unspecified atom stereocenters. The summed E-state index contributed by atoms with van der Waals surface area (Å²) in [6.45, 7) is 1.92. The molecule has 6 heteroatoms. The maximum Gasteiger partial charge on any atom is 0.221 e. The van der Waals surface area contributed by atoms with Crippen LogP contribution in [0.2, 0.25) is 5.02 Å². The van der Waals surface area contributed by atoms with Crippen LogP contribution in [0.15, 0.2) is 24.3 Å². The topological polar surface area (TPSA) is 61.8 Å². The summed E-state index contributed by atoms with van der Waals surface area (Å²) in [6, 6.07) is 7.55. The van der Waals surface area contributed by atoms with Crippen molar-refractivity contribution in [2.24, 2.45) is 0 Å². The highest BCUT2D eigenvalue weighted by Gasteiger charge is 2.31. The Hall–Kier alpha value is -1.14. The first-order chi connectivity index (χ1) is 10.6. The van der Waals surface area contributed by atoms with E-state index in [1.165, 1.54) is 0 Å². The van der Waals surface area contributed by atoms with Gasteiger partial charge in [0.2, 0.25) is 5.91 Å². The second kappa shape index (κ2) is 8.48. The summed E-state index contributed by atoms with van der Waals surface area (Å²) in [5, 5.41) is 12.9. The molecule has 2 rings (SSSR count). The van der Waals surface area contributed by atoms with E-state index in [4.69, 9.17) is 16.3 Å². The molecular formula is C16H23ClN2O3. The fourth-order valence-electron chi connectivity index (χ4n) is 2.74. The van der Waals surface area contributed by atoms with Gasteiger partial charge in [-0.05, 0) is 18.1 Å². The Labute approximate surface area is 136 Å². The number of nitrogens with zero attached hydrogens (tertiary/aromatic N) is 1. The molecule has 0 aliphatic carbocycles. The van der Waals surface area contributed by atoms with E-state index in [1.54, 1.807) is 7.11 Å². The number of rotatable bonds is 7. The van der Waals surface area contributed by atoms with Crippen LogP contribution in [0.1, 0.15) is 18.4 Å². The molecule has 122 valence electrons. The average Bonchev–Trinajstić information content (AvgIpc) is 2.94. The molecule has 0 spiro atoms. The van der Waals surface area contributed by atoms with E-state index < -0.39 is 0 Å². The zero-order valence-electron chi connectivity index (χ0n) is 12.8. The van der Waals surface area contributed by atoms with Gasteiger partial charge in [0, 0.05) is 44.2 Å². The van der Waals surface area contributed by atoms with Gasteiger partial charge in [-0.3, -0.25) is 9.69 Å². The molecule has 1 heterocycles. The number of aliphatic hydroxyl groups is 1. The minimum absolute atomic E-state index is 0.0162. The van der Waals surface area contributed by atoms with Crippen LogP contribution in [0.5, 0.6) is 0 Å². The fraction of sp³-hybridized carbons (Fsp3) is 0.562. The first kappa shape index (κ1) is 17.2. The Morgan fingerprint density at radius 2 is 2.27 bits per heavy atom. The Balaban J connectivity index is 1.75. The number of hydrogen-bond acceptors (Lipinski definition) is 4. The van der Waals surface area contributed by atoms with Gasteiger partial charge in [0.05, 0.1) is 12.7 Å². The lowest BCUT2D eigenvalue weighted by molar-refractivity contribution is -0.121. The number of amides is 1. The van der Waals surface area contributed by atoms with Crippen LogP contribution in [-0.4, -0.2) is 54.9 Å². The summed E-state index contributed by atoms with van der Waals surface area (Å²) < 4.78 is 5.33. The van der Waals surface area contributed by atoms with Crippen LogP contribution in [0.3, 0.4) is 0 Å². The summed E-state index contributed by atoms with van der Waals surface area (Å²) >= 11 is 6.06. The van der Waals surface area contributed by atoms with Crippen molar-refractivity contribution in [3.8, 4) is 0 Å². The number of ether oxygens (including phenoxy) is 1. The van der Waals surface area contributed by atoms with Gasteiger partial charge in [-0.1, -0.05) is 29.8 Å². The number of hydrogen-bond donors (Lipinski definition) is 2. The Morgan fingerprint density at radius 3 is 2.95 bits per heavy atom. The third kappa shape index (κ3) is 4.68. The van der Waals surface area contributed by atoms with Gasteiger partial charge in [0.15, 0.2) is 0 Å². The molecule has 1 amide bonds. The number of likely N-dealkylation sites (tertiary alicyclic amines) is 1. The molecule has 2 N–H and O–H groups in total. The zero-order chi connectivity index (χ0) is 15.9. The molecule has 1 aromatic rings. The molecule has 1 aliphatic heterocycles. The van der Waals surface area contributed by atoms with Crippen LogP contribution in [0.25, 0.3) is 0 Å². The molecule has 5 nitrogen and oxygen atoms in total. The number of carbonyl (C=O) groups excluding carboxylic acids is 1. The van der Waals surface area contributed by atoms with Crippen molar-refractivity contribution in [1.29, 1.82) is 0 Å². The van der Waals surface area contributed by atoms with E-state index >= 15 is 0 Å². The number of benzene rings is 1. The van der Waals surface area contributed by atoms with Crippen LogP contribution in [-0.2, 0) is 16.1 Å². The largest absolute Gasteiger partial charge is 0.395 e. The minimum atomic E-state index is -0.0162. The van der Waals surface area contributed by atoms with Crippen LogP contribution >= 0.6 is 11.6 Å². The Morgan fingerprint density at radius 1 is 1.50 bits per heavy atom. The van der Waals surface area contributed by atoms with Crippen molar-refractivity contribution in [1.82, 2.24) is 10.2 Å². The van der Waals surface area contributed by atoms with Gasteiger partial charge in [-0.15, -0.1) is 0 Å². The molecule has 0 bridgehead atoms. The molecule has 1 aromatic carbocycles. The van der Waals surface area contributed by atoms with Gasteiger partial charge in [-0.25, -0.2) is 0 Å². The quantitative estimate of drug-likeness (QED) is 0.795. The molecule has 0 radical (unpaired) electrons. The van der Waals surface area contributed by atoms with Crippen LogP contribution < -0.4 is 5.32 Å². The summed E-state index contributed by atoms with van der Waals surface area (Å²) in [5.41, 5.74) is 0.909. The minimum Gasteiger partial charge on any atom is -0.395 e. The van der Waals surface area contributed by atoms with Crippen molar-refractivity contribution in [2.75, 3.05) is 26.8 Å². The molecule has 1 aliphatic rings. The fourth-order valence-corrected chi connectivity index (χ4v) is 2.94. The van der Waals surface area contributed by atoms with Crippen molar-refractivity contribution in [3.63, 3.8) is 0 Å². The number of carbonyl (C=O) groups is 1.